The van der Waals surface area contributed by atoms with E-state index in [9.17, 15) is 22.4 Å². The molecule has 3 rings (SSSR count). The molecule has 0 bridgehead atoms. The summed E-state index contributed by atoms with van der Waals surface area (Å²) in [5, 5.41) is 2.59. The van der Waals surface area contributed by atoms with E-state index in [2.05, 4.69) is 5.32 Å². The van der Waals surface area contributed by atoms with Gasteiger partial charge in [-0.25, -0.2) is 17.1 Å². The molecule has 0 unspecified atom stereocenters. The van der Waals surface area contributed by atoms with Crippen LogP contribution >= 0.6 is 0 Å². The molecule has 8 heteroatoms. The number of anilines is 2. The van der Waals surface area contributed by atoms with Crippen LogP contribution < -0.4 is 9.62 Å². The molecule has 0 aliphatic carbocycles. The molecule has 1 heterocycles. The standard InChI is InChI=1S/C17H15FN2O4S/c1-11-10-25(23,24)20(17(11)22)15-4-2-3-12(9-15)16(21)19-14-7-5-13(18)6-8-14/h2-9,11H,10H2,1H3,(H,19,21)/t11-/m0/s1. The van der Waals surface area contributed by atoms with E-state index in [0.29, 0.717) is 5.69 Å². The lowest BCUT2D eigenvalue weighted by atomic mass is 10.1. The number of carbonyl (C=O) groups excluding carboxylic acids is 2. The Morgan fingerprint density at radius 3 is 2.48 bits per heavy atom. The SMILES string of the molecule is C[C@H]1CS(=O)(=O)N(c2cccc(C(=O)Nc3ccc(F)cc3)c2)C1=O. The van der Waals surface area contributed by atoms with Crippen LogP contribution in [0, 0.1) is 11.7 Å². The van der Waals surface area contributed by atoms with Crippen molar-refractivity contribution in [2.24, 2.45) is 5.92 Å². The number of hydrogen-bond donors (Lipinski definition) is 1. The summed E-state index contributed by atoms with van der Waals surface area (Å²) in [6.07, 6.45) is 0. The van der Waals surface area contributed by atoms with Crippen LogP contribution in [0.1, 0.15) is 17.3 Å². The number of benzene rings is 2. The molecule has 2 aromatic carbocycles. The minimum Gasteiger partial charge on any atom is -0.322 e. The van der Waals surface area contributed by atoms with Crippen LogP contribution in [0.3, 0.4) is 0 Å². The molecule has 1 atom stereocenters. The maximum atomic E-state index is 12.9. The van der Waals surface area contributed by atoms with Crippen LogP contribution in [-0.2, 0) is 14.8 Å². The first-order chi connectivity index (χ1) is 11.8. The van der Waals surface area contributed by atoms with Crippen molar-refractivity contribution >= 4 is 33.2 Å². The zero-order valence-electron chi connectivity index (χ0n) is 13.3. The Morgan fingerprint density at radius 1 is 1.20 bits per heavy atom. The van der Waals surface area contributed by atoms with Gasteiger partial charge in [0.1, 0.15) is 5.82 Å². The average Bonchev–Trinajstić information content (AvgIpc) is 2.77. The fraction of sp³-hybridized carbons (Fsp3) is 0.176. The van der Waals surface area contributed by atoms with Gasteiger partial charge in [0.05, 0.1) is 17.4 Å². The molecule has 2 amide bonds. The van der Waals surface area contributed by atoms with Crippen LogP contribution in [0.5, 0.6) is 0 Å². The lowest BCUT2D eigenvalue weighted by Crippen LogP contribution is -2.30. The third-order valence-corrected chi connectivity index (χ3v) is 5.67. The average molecular weight is 362 g/mol. The Labute approximate surface area is 144 Å². The van der Waals surface area contributed by atoms with E-state index < -0.39 is 33.6 Å². The highest BCUT2D eigenvalue weighted by Crippen LogP contribution is 2.28. The minimum atomic E-state index is -3.73. The minimum absolute atomic E-state index is 0.126. The van der Waals surface area contributed by atoms with E-state index in [0.717, 1.165) is 4.31 Å². The van der Waals surface area contributed by atoms with Crippen molar-refractivity contribution in [2.75, 3.05) is 15.4 Å². The summed E-state index contributed by atoms with van der Waals surface area (Å²) >= 11 is 0. The third-order valence-electron chi connectivity index (χ3n) is 3.81. The Balaban J connectivity index is 1.88. The van der Waals surface area contributed by atoms with E-state index in [1.54, 1.807) is 6.92 Å². The molecule has 1 aliphatic heterocycles. The lowest BCUT2D eigenvalue weighted by molar-refractivity contribution is -0.119. The highest BCUT2D eigenvalue weighted by molar-refractivity contribution is 7.94. The lowest BCUT2D eigenvalue weighted by Gasteiger charge is -2.16. The number of rotatable bonds is 3. The Hall–Kier alpha value is -2.74. The molecule has 0 saturated carbocycles. The monoisotopic (exact) mass is 362 g/mol. The van der Waals surface area contributed by atoms with E-state index >= 15 is 0 Å². The molecule has 0 spiro atoms. The first-order valence-electron chi connectivity index (χ1n) is 7.52. The molecule has 25 heavy (non-hydrogen) atoms. The molecule has 1 N–H and O–H groups in total. The Kier molecular flexibility index (Phi) is 4.30. The summed E-state index contributed by atoms with van der Waals surface area (Å²) in [7, 11) is -3.73. The molecule has 130 valence electrons. The largest absolute Gasteiger partial charge is 0.322 e. The highest BCUT2D eigenvalue weighted by Gasteiger charge is 2.42. The maximum Gasteiger partial charge on any atom is 0.255 e. The first-order valence-corrected chi connectivity index (χ1v) is 9.13. The molecule has 0 radical (unpaired) electrons. The summed E-state index contributed by atoms with van der Waals surface area (Å²) in [4.78, 5) is 24.5. The molecular formula is C17H15FN2O4S. The highest BCUT2D eigenvalue weighted by atomic mass is 32.2. The smallest absolute Gasteiger partial charge is 0.255 e. The Morgan fingerprint density at radius 2 is 1.88 bits per heavy atom. The van der Waals surface area contributed by atoms with Crippen molar-refractivity contribution in [3.8, 4) is 0 Å². The van der Waals surface area contributed by atoms with Gasteiger partial charge in [0.25, 0.3) is 5.91 Å². The second-order valence-electron chi connectivity index (χ2n) is 5.79. The van der Waals surface area contributed by atoms with Gasteiger partial charge in [-0.2, -0.15) is 0 Å². The van der Waals surface area contributed by atoms with Crippen LogP contribution in [0.15, 0.2) is 48.5 Å². The molecule has 1 saturated heterocycles. The predicted octanol–water partition coefficient (Wildman–Crippen LogP) is 2.39. The maximum absolute atomic E-state index is 12.9. The van der Waals surface area contributed by atoms with Crippen molar-refractivity contribution in [3.63, 3.8) is 0 Å². The van der Waals surface area contributed by atoms with Gasteiger partial charge in [-0.05, 0) is 42.5 Å². The van der Waals surface area contributed by atoms with E-state index in [1.807, 2.05) is 0 Å². The van der Waals surface area contributed by atoms with Gasteiger partial charge in [0, 0.05) is 11.3 Å². The van der Waals surface area contributed by atoms with Crippen molar-refractivity contribution in [1.29, 1.82) is 0 Å². The topological polar surface area (TPSA) is 83.6 Å². The van der Waals surface area contributed by atoms with Crippen LogP contribution in [-0.4, -0.2) is 26.0 Å². The summed E-state index contributed by atoms with van der Waals surface area (Å²) in [6, 6.07) is 11.0. The van der Waals surface area contributed by atoms with Gasteiger partial charge >= 0.3 is 0 Å². The number of hydrogen-bond acceptors (Lipinski definition) is 4. The first kappa shape index (κ1) is 17.1. The second-order valence-corrected chi connectivity index (χ2v) is 7.66. The number of nitrogens with one attached hydrogen (secondary N) is 1. The normalized spacial score (nSPS) is 19.0. The number of carbonyl (C=O) groups is 2. The van der Waals surface area contributed by atoms with Gasteiger partial charge in [-0.1, -0.05) is 13.0 Å². The Bertz CT molecular complexity index is 941. The summed E-state index contributed by atoms with van der Waals surface area (Å²) in [6.45, 7) is 1.55. The number of halogens is 1. The fourth-order valence-corrected chi connectivity index (χ4v) is 4.41. The van der Waals surface area contributed by atoms with Crippen LogP contribution in [0.2, 0.25) is 0 Å². The van der Waals surface area contributed by atoms with Gasteiger partial charge in [-0.3, -0.25) is 9.59 Å². The van der Waals surface area contributed by atoms with E-state index in [-0.39, 0.29) is 17.0 Å². The molecule has 0 aromatic heterocycles. The summed E-state index contributed by atoms with van der Waals surface area (Å²) in [5.41, 5.74) is 0.709. The number of amides is 2. The third kappa shape index (κ3) is 3.39. The second kappa shape index (κ2) is 6.29. The van der Waals surface area contributed by atoms with Crippen molar-refractivity contribution in [1.82, 2.24) is 0 Å². The van der Waals surface area contributed by atoms with Gasteiger partial charge in [0.2, 0.25) is 15.9 Å². The van der Waals surface area contributed by atoms with Crippen molar-refractivity contribution in [3.05, 3.63) is 59.9 Å². The molecular weight excluding hydrogens is 347 g/mol. The summed E-state index contributed by atoms with van der Waals surface area (Å²) in [5.74, 6) is -2.31. The predicted molar refractivity (Wildman–Crippen MR) is 91.2 cm³/mol. The number of sulfonamides is 1. The fourth-order valence-electron chi connectivity index (χ4n) is 2.60. The quantitative estimate of drug-likeness (QED) is 0.909. The number of nitrogens with zero attached hydrogens (tertiary/aromatic N) is 1. The van der Waals surface area contributed by atoms with Gasteiger partial charge in [-0.15, -0.1) is 0 Å². The van der Waals surface area contributed by atoms with E-state index in [1.165, 1.54) is 48.5 Å². The zero-order chi connectivity index (χ0) is 18.2. The molecule has 1 aliphatic rings. The molecule has 1 fully saturated rings. The van der Waals surface area contributed by atoms with E-state index in [4.69, 9.17) is 0 Å². The summed E-state index contributed by atoms with van der Waals surface area (Å²) < 4.78 is 38.0. The van der Waals surface area contributed by atoms with Gasteiger partial charge < -0.3 is 5.32 Å². The molecule has 6 nitrogen and oxygen atoms in total. The van der Waals surface area contributed by atoms with Crippen molar-refractivity contribution in [2.45, 2.75) is 6.92 Å². The van der Waals surface area contributed by atoms with Crippen molar-refractivity contribution < 1.29 is 22.4 Å². The zero-order valence-corrected chi connectivity index (χ0v) is 14.1. The van der Waals surface area contributed by atoms with Crippen LogP contribution in [0.25, 0.3) is 0 Å². The van der Waals surface area contributed by atoms with Crippen LogP contribution in [0.4, 0.5) is 15.8 Å². The van der Waals surface area contributed by atoms with Gasteiger partial charge in [0.15, 0.2) is 0 Å². The molecule has 2 aromatic rings.